The number of benzene rings is 1. The molecule has 1 aromatic heterocycles. The van der Waals surface area contributed by atoms with Crippen LogP contribution >= 0.6 is 35.1 Å². The first kappa shape index (κ1) is 12.5. The zero-order valence-corrected chi connectivity index (χ0v) is 12.2. The third kappa shape index (κ3) is 2.31. The third-order valence-corrected chi connectivity index (χ3v) is 6.16. The van der Waals surface area contributed by atoms with Crippen molar-refractivity contribution in [2.75, 3.05) is 23.0 Å². The van der Waals surface area contributed by atoms with E-state index in [2.05, 4.69) is 9.55 Å². The molecule has 2 heterocycles. The number of aromatic nitrogens is 2. The summed E-state index contributed by atoms with van der Waals surface area (Å²) >= 11 is 10.2. The maximum Gasteiger partial charge on any atom is 0.201 e. The largest absolute Gasteiger partial charge is 0.369 e. The Kier molecular flexibility index (Phi) is 3.63. The lowest BCUT2D eigenvalue weighted by Crippen LogP contribution is -2.21. The SMILES string of the molecule is Nc1nc2c(Cl)cccc2n1CC1CSCCS1. The van der Waals surface area contributed by atoms with Crippen molar-refractivity contribution in [3.8, 4) is 0 Å². The lowest BCUT2D eigenvalue weighted by molar-refractivity contribution is 0.724. The summed E-state index contributed by atoms with van der Waals surface area (Å²) in [5.74, 6) is 4.23. The molecule has 0 aliphatic carbocycles. The Hall–Kier alpha value is -0.520. The molecular weight excluding hydrogens is 286 g/mol. The molecule has 0 amide bonds. The lowest BCUT2D eigenvalue weighted by atomic mass is 10.3. The number of hydrogen-bond donors (Lipinski definition) is 1. The van der Waals surface area contributed by atoms with Crippen LogP contribution in [0.3, 0.4) is 0 Å². The number of nitrogens with two attached hydrogens (primary N) is 1. The van der Waals surface area contributed by atoms with Crippen LogP contribution in [0.4, 0.5) is 5.95 Å². The minimum Gasteiger partial charge on any atom is -0.369 e. The average Bonchev–Trinajstić information content (AvgIpc) is 2.70. The van der Waals surface area contributed by atoms with Crippen LogP contribution in [-0.4, -0.2) is 32.1 Å². The number of fused-ring (bicyclic) bond motifs is 1. The molecule has 1 aliphatic rings. The minimum atomic E-state index is 0.564. The van der Waals surface area contributed by atoms with Crippen LogP contribution in [0.15, 0.2) is 18.2 Å². The van der Waals surface area contributed by atoms with E-state index in [9.17, 15) is 0 Å². The first-order chi connectivity index (χ1) is 8.75. The maximum absolute atomic E-state index is 6.14. The van der Waals surface area contributed by atoms with Gasteiger partial charge in [-0.1, -0.05) is 17.7 Å². The molecule has 1 aromatic carbocycles. The monoisotopic (exact) mass is 299 g/mol. The van der Waals surface area contributed by atoms with Crippen molar-refractivity contribution < 1.29 is 0 Å². The summed E-state index contributed by atoms with van der Waals surface area (Å²) in [5.41, 5.74) is 7.86. The molecule has 1 aliphatic heterocycles. The number of imidazole rings is 1. The smallest absolute Gasteiger partial charge is 0.201 e. The van der Waals surface area contributed by atoms with Crippen LogP contribution < -0.4 is 5.73 Å². The van der Waals surface area contributed by atoms with Gasteiger partial charge in [-0.3, -0.25) is 0 Å². The molecule has 1 atom stereocenters. The van der Waals surface area contributed by atoms with Crippen molar-refractivity contribution in [1.82, 2.24) is 9.55 Å². The van der Waals surface area contributed by atoms with Gasteiger partial charge in [-0.15, -0.1) is 0 Å². The molecule has 96 valence electrons. The predicted octanol–water partition coefficient (Wildman–Crippen LogP) is 3.12. The number of thioether (sulfide) groups is 2. The van der Waals surface area contributed by atoms with E-state index in [0.717, 1.165) is 17.6 Å². The molecule has 1 unspecified atom stereocenters. The number of hydrogen-bond acceptors (Lipinski definition) is 4. The van der Waals surface area contributed by atoms with Gasteiger partial charge in [-0.25, -0.2) is 4.98 Å². The Labute approximate surface area is 119 Å². The van der Waals surface area contributed by atoms with Crippen molar-refractivity contribution in [3.05, 3.63) is 23.2 Å². The molecule has 0 saturated carbocycles. The topological polar surface area (TPSA) is 43.8 Å². The first-order valence-corrected chi connectivity index (χ1v) is 8.43. The van der Waals surface area contributed by atoms with Crippen LogP contribution in [0.5, 0.6) is 0 Å². The van der Waals surface area contributed by atoms with Crippen molar-refractivity contribution in [2.24, 2.45) is 0 Å². The molecular formula is C12H14ClN3S2. The highest BCUT2D eigenvalue weighted by Crippen LogP contribution is 2.29. The summed E-state index contributed by atoms with van der Waals surface area (Å²) < 4.78 is 2.09. The van der Waals surface area contributed by atoms with Crippen LogP contribution in [0.2, 0.25) is 5.02 Å². The molecule has 6 heteroatoms. The standard InChI is InChI=1S/C12H14ClN3S2/c13-9-2-1-3-10-11(9)15-12(14)16(10)6-8-7-17-4-5-18-8/h1-3,8H,4-7H2,(H2,14,15). The van der Waals surface area contributed by atoms with Crippen molar-refractivity contribution in [3.63, 3.8) is 0 Å². The van der Waals surface area contributed by atoms with E-state index in [4.69, 9.17) is 17.3 Å². The highest BCUT2D eigenvalue weighted by Gasteiger charge is 2.18. The van der Waals surface area contributed by atoms with E-state index in [1.807, 2.05) is 41.7 Å². The third-order valence-electron chi connectivity index (χ3n) is 3.03. The van der Waals surface area contributed by atoms with Gasteiger partial charge >= 0.3 is 0 Å². The Morgan fingerprint density at radius 2 is 2.33 bits per heavy atom. The van der Waals surface area contributed by atoms with E-state index in [1.54, 1.807) is 0 Å². The van der Waals surface area contributed by atoms with Crippen molar-refractivity contribution >= 4 is 52.1 Å². The highest BCUT2D eigenvalue weighted by atomic mass is 35.5. The second kappa shape index (κ2) is 5.23. The molecule has 3 rings (SSSR count). The maximum atomic E-state index is 6.14. The van der Waals surface area contributed by atoms with E-state index >= 15 is 0 Å². The summed E-state index contributed by atoms with van der Waals surface area (Å²) in [7, 11) is 0. The zero-order chi connectivity index (χ0) is 12.5. The van der Waals surface area contributed by atoms with Crippen LogP contribution in [-0.2, 0) is 6.54 Å². The fourth-order valence-corrected chi connectivity index (χ4v) is 5.03. The number of para-hydroxylation sites is 1. The Bertz CT molecular complexity index is 564. The fourth-order valence-electron chi connectivity index (χ4n) is 2.17. The molecule has 18 heavy (non-hydrogen) atoms. The molecule has 0 radical (unpaired) electrons. The van der Waals surface area contributed by atoms with Gasteiger partial charge in [0, 0.05) is 29.1 Å². The summed E-state index contributed by atoms with van der Waals surface area (Å²) in [4.78, 5) is 4.37. The molecule has 1 fully saturated rings. The van der Waals surface area contributed by atoms with Crippen LogP contribution in [0, 0.1) is 0 Å². The van der Waals surface area contributed by atoms with Gasteiger partial charge in [0.1, 0.15) is 5.52 Å². The van der Waals surface area contributed by atoms with Gasteiger partial charge in [-0.2, -0.15) is 23.5 Å². The molecule has 2 N–H and O–H groups in total. The van der Waals surface area contributed by atoms with Gasteiger partial charge in [0.15, 0.2) is 0 Å². The minimum absolute atomic E-state index is 0.564. The summed E-state index contributed by atoms with van der Waals surface area (Å²) in [6.45, 7) is 0.917. The van der Waals surface area contributed by atoms with Gasteiger partial charge in [0.05, 0.1) is 10.5 Å². The first-order valence-electron chi connectivity index (χ1n) is 5.85. The Morgan fingerprint density at radius 1 is 1.44 bits per heavy atom. The van der Waals surface area contributed by atoms with E-state index in [0.29, 0.717) is 16.2 Å². The van der Waals surface area contributed by atoms with E-state index in [-0.39, 0.29) is 0 Å². The van der Waals surface area contributed by atoms with Crippen LogP contribution in [0.25, 0.3) is 11.0 Å². The average molecular weight is 300 g/mol. The number of rotatable bonds is 2. The number of halogens is 1. The van der Waals surface area contributed by atoms with Crippen molar-refractivity contribution in [2.45, 2.75) is 11.8 Å². The zero-order valence-electron chi connectivity index (χ0n) is 9.80. The quantitative estimate of drug-likeness (QED) is 0.925. The molecule has 0 spiro atoms. The number of nitrogen functional groups attached to an aromatic ring is 1. The molecule has 3 nitrogen and oxygen atoms in total. The van der Waals surface area contributed by atoms with Crippen molar-refractivity contribution in [1.29, 1.82) is 0 Å². The molecule has 1 saturated heterocycles. The van der Waals surface area contributed by atoms with E-state index < -0.39 is 0 Å². The highest BCUT2D eigenvalue weighted by molar-refractivity contribution is 8.06. The summed E-state index contributed by atoms with van der Waals surface area (Å²) in [6.07, 6.45) is 0. The molecule has 2 aromatic rings. The fraction of sp³-hybridized carbons (Fsp3) is 0.417. The predicted molar refractivity (Wildman–Crippen MR) is 82.7 cm³/mol. The molecule has 0 bridgehead atoms. The number of anilines is 1. The van der Waals surface area contributed by atoms with Gasteiger partial charge in [-0.05, 0) is 12.1 Å². The number of nitrogens with zero attached hydrogens (tertiary/aromatic N) is 2. The Morgan fingerprint density at radius 3 is 3.11 bits per heavy atom. The normalized spacial score (nSPS) is 20.4. The van der Waals surface area contributed by atoms with Crippen LogP contribution in [0.1, 0.15) is 0 Å². The van der Waals surface area contributed by atoms with Gasteiger partial charge < -0.3 is 10.3 Å². The van der Waals surface area contributed by atoms with Gasteiger partial charge in [0.25, 0.3) is 0 Å². The second-order valence-electron chi connectivity index (χ2n) is 4.26. The summed E-state index contributed by atoms with van der Waals surface area (Å²) in [6, 6.07) is 5.84. The van der Waals surface area contributed by atoms with Gasteiger partial charge in [0.2, 0.25) is 5.95 Å². The lowest BCUT2D eigenvalue weighted by Gasteiger charge is -2.22. The Balaban J connectivity index is 1.95. The second-order valence-corrected chi connectivity index (χ2v) is 7.22. The summed E-state index contributed by atoms with van der Waals surface area (Å²) in [5, 5.41) is 1.28. The van der Waals surface area contributed by atoms with E-state index in [1.165, 1.54) is 17.3 Å².